The molecule has 8 heteroatoms. The first-order chi connectivity index (χ1) is 16.2. The van der Waals surface area contributed by atoms with Crippen LogP contribution in [0.5, 0.6) is 0 Å². The Balaban J connectivity index is 1.71. The molecule has 1 fully saturated rings. The van der Waals surface area contributed by atoms with E-state index in [1.54, 1.807) is 30.3 Å². The Hall–Kier alpha value is -2.71. The Bertz CT molecular complexity index is 1280. The van der Waals surface area contributed by atoms with E-state index in [9.17, 15) is 18.3 Å². The Kier molecular flexibility index (Phi) is 7.38. The smallest absolute Gasteiger partial charge is 0.307 e. The maximum atomic E-state index is 13.5. The summed E-state index contributed by atoms with van der Waals surface area (Å²) in [4.78, 5) is 13.6. The highest BCUT2D eigenvalue weighted by molar-refractivity contribution is 7.92. The quantitative estimate of drug-likeness (QED) is 0.509. The zero-order valence-electron chi connectivity index (χ0n) is 18.9. The number of nitrogens with zero attached hydrogens (tertiary/aromatic N) is 1. The van der Waals surface area contributed by atoms with E-state index in [1.165, 1.54) is 0 Å². The fourth-order valence-electron chi connectivity index (χ4n) is 4.29. The van der Waals surface area contributed by atoms with Crippen LogP contribution in [-0.2, 0) is 27.6 Å². The SMILES string of the molecule is Cc1ccc(S(=O)(=O)C2CNCCN2Cc2cc(CC(=O)O)ccc2-c2ccc(Cl)cc2)cc1. The number of nitrogens with one attached hydrogen (secondary N) is 1. The van der Waals surface area contributed by atoms with E-state index in [-0.39, 0.29) is 6.42 Å². The van der Waals surface area contributed by atoms with Crippen LogP contribution in [0.3, 0.4) is 0 Å². The Morgan fingerprint density at radius 2 is 1.79 bits per heavy atom. The Morgan fingerprint density at radius 3 is 2.47 bits per heavy atom. The molecule has 3 aromatic carbocycles. The maximum Gasteiger partial charge on any atom is 0.307 e. The molecule has 34 heavy (non-hydrogen) atoms. The number of aryl methyl sites for hydroxylation is 1. The van der Waals surface area contributed by atoms with Gasteiger partial charge in [0.25, 0.3) is 0 Å². The summed E-state index contributed by atoms with van der Waals surface area (Å²) in [7, 11) is -3.61. The molecule has 1 aliphatic heterocycles. The topological polar surface area (TPSA) is 86.7 Å². The molecule has 1 saturated heterocycles. The molecule has 1 unspecified atom stereocenters. The summed E-state index contributed by atoms with van der Waals surface area (Å²) in [5.74, 6) is -0.910. The normalized spacial score (nSPS) is 16.9. The largest absolute Gasteiger partial charge is 0.481 e. The molecule has 3 aromatic rings. The number of hydrogen-bond acceptors (Lipinski definition) is 5. The van der Waals surface area contributed by atoms with Crippen LogP contribution in [0.15, 0.2) is 71.6 Å². The minimum Gasteiger partial charge on any atom is -0.481 e. The second-order valence-corrected chi connectivity index (χ2v) is 11.1. The van der Waals surface area contributed by atoms with Crippen LogP contribution in [-0.4, -0.2) is 49.4 Å². The highest BCUT2D eigenvalue weighted by Crippen LogP contribution is 2.30. The van der Waals surface area contributed by atoms with Crippen molar-refractivity contribution < 1.29 is 18.3 Å². The van der Waals surface area contributed by atoms with Gasteiger partial charge in [0, 0.05) is 31.2 Å². The predicted molar refractivity (Wildman–Crippen MR) is 134 cm³/mol. The number of carboxylic acid groups (broad SMARTS) is 1. The number of benzene rings is 3. The van der Waals surface area contributed by atoms with Crippen LogP contribution in [0, 0.1) is 6.92 Å². The van der Waals surface area contributed by atoms with Gasteiger partial charge in [0.15, 0.2) is 9.84 Å². The summed E-state index contributed by atoms with van der Waals surface area (Å²) in [6, 6.07) is 19.9. The number of rotatable bonds is 7. The molecule has 0 bridgehead atoms. The van der Waals surface area contributed by atoms with E-state index in [2.05, 4.69) is 5.32 Å². The summed E-state index contributed by atoms with van der Waals surface area (Å²) in [6.07, 6.45) is -0.0967. The van der Waals surface area contributed by atoms with Gasteiger partial charge in [-0.25, -0.2) is 8.42 Å². The van der Waals surface area contributed by atoms with Gasteiger partial charge in [-0.05, 0) is 53.4 Å². The molecule has 4 rings (SSSR count). The van der Waals surface area contributed by atoms with Crippen molar-refractivity contribution in [3.8, 4) is 11.1 Å². The fourth-order valence-corrected chi connectivity index (χ4v) is 6.15. The molecule has 6 nitrogen and oxygen atoms in total. The first-order valence-electron chi connectivity index (χ1n) is 11.1. The molecular formula is C26H27ClN2O4S. The van der Waals surface area contributed by atoms with E-state index in [0.717, 1.165) is 22.3 Å². The summed E-state index contributed by atoms with van der Waals surface area (Å²) >= 11 is 6.07. The average Bonchev–Trinajstić information content (AvgIpc) is 2.80. The van der Waals surface area contributed by atoms with Crippen molar-refractivity contribution in [3.05, 3.63) is 88.4 Å². The molecule has 0 saturated carbocycles. The second kappa shape index (κ2) is 10.3. The number of sulfone groups is 1. The van der Waals surface area contributed by atoms with Crippen LogP contribution >= 0.6 is 11.6 Å². The number of carboxylic acids is 1. The van der Waals surface area contributed by atoms with Crippen molar-refractivity contribution in [1.29, 1.82) is 0 Å². The standard InChI is InChI=1S/C26H27ClN2O4S/c1-18-2-9-23(10-3-18)34(32,33)25-16-28-12-13-29(25)17-21-14-19(15-26(30)31)4-11-24(21)20-5-7-22(27)8-6-20/h2-11,14,25,28H,12-13,15-17H2,1H3,(H,30,31). The van der Waals surface area contributed by atoms with Crippen LogP contribution in [0.1, 0.15) is 16.7 Å². The number of piperazine rings is 1. The molecule has 0 radical (unpaired) electrons. The molecular weight excluding hydrogens is 472 g/mol. The van der Waals surface area contributed by atoms with Crippen LogP contribution in [0.2, 0.25) is 5.02 Å². The van der Waals surface area contributed by atoms with Crippen molar-refractivity contribution in [2.75, 3.05) is 19.6 Å². The lowest BCUT2D eigenvalue weighted by atomic mass is 9.96. The second-order valence-electron chi connectivity index (χ2n) is 8.56. The zero-order valence-corrected chi connectivity index (χ0v) is 20.4. The Labute approximate surface area is 205 Å². The lowest BCUT2D eigenvalue weighted by Gasteiger charge is -2.36. The van der Waals surface area contributed by atoms with E-state index in [0.29, 0.717) is 41.7 Å². The number of halogens is 1. The predicted octanol–water partition coefficient (Wildman–Crippen LogP) is 4.15. The highest BCUT2D eigenvalue weighted by Gasteiger charge is 2.35. The average molecular weight is 499 g/mol. The van der Waals surface area contributed by atoms with E-state index >= 15 is 0 Å². The third-order valence-electron chi connectivity index (χ3n) is 6.06. The zero-order chi connectivity index (χ0) is 24.3. The van der Waals surface area contributed by atoms with Crippen LogP contribution in [0.4, 0.5) is 0 Å². The molecule has 0 spiro atoms. The molecule has 0 aliphatic carbocycles. The van der Waals surface area contributed by atoms with Gasteiger partial charge in [0.1, 0.15) is 5.37 Å². The van der Waals surface area contributed by atoms with Gasteiger partial charge in [0.2, 0.25) is 0 Å². The minimum atomic E-state index is -3.61. The van der Waals surface area contributed by atoms with E-state index in [1.807, 2.05) is 48.2 Å². The van der Waals surface area contributed by atoms with Gasteiger partial charge in [-0.1, -0.05) is 59.6 Å². The number of hydrogen-bond donors (Lipinski definition) is 2. The summed E-state index contributed by atoms with van der Waals surface area (Å²) in [5, 5.41) is 12.4. The third kappa shape index (κ3) is 5.50. The number of carbonyl (C=O) groups is 1. The molecule has 1 aliphatic rings. The molecule has 0 aromatic heterocycles. The fraction of sp³-hybridized carbons (Fsp3) is 0.269. The van der Waals surface area contributed by atoms with E-state index in [4.69, 9.17) is 11.6 Å². The van der Waals surface area contributed by atoms with Gasteiger partial charge in [-0.3, -0.25) is 9.69 Å². The lowest BCUT2D eigenvalue weighted by Crippen LogP contribution is -2.54. The van der Waals surface area contributed by atoms with Gasteiger partial charge < -0.3 is 10.4 Å². The number of aliphatic carboxylic acids is 1. The molecule has 1 atom stereocenters. The molecule has 2 N–H and O–H groups in total. The van der Waals surface area contributed by atoms with Crippen molar-refractivity contribution in [1.82, 2.24) is 10.2 Å². The highest BCUT2D eigenvalue weighted by atomic mass is 35.5. The molecule has 178 valence electrons. The third-order valence-corrected chi connectivity index (χ3v) is 8.43. The molecule has 1 heterocycles. The first kappa shape index (κ1) is 24.4. The van der Waals surface area contributed by atoms with Crippen LogP contribution in [0.25, 0.3) is 11.1 Å². The summed E-state index contributed by atoms with van der Waals surface area (Å²) in [5.41, 5.74) is 4.42. The van der Waals surface area contributed by atoms with Gasteiger partial charge in [0.05, 0.1) is 11.3 Å². The van der Waals surface area contributed by atoms with Crippen molar-refractivity contribution >= 4 is 27.4 Å². The van der Waals surface area contributed by atoms with Crippen molar-refractivity contribution in [2.24, 2.45) is 0 Å². The Morgan fingerprint density at radius 1 is 1.09 bits per heavy atom. The lowest BCUT2D eigenvalue weighted by molar-refractivity contribution is -0.136. The van der Waals surface area contributed by atoms with Gasteiger partial charge in [-0.15, -0.1) is 0 Å². The summed E-state index contributed by atoms with van der Waals surface area (Å²) in [6.45, 7) is 3.85. The maximum absolute atomic E-state index is 13.5. The van der Waals surface area contributed by atoms with Crippen LogP contribution < -0.4 is 5.32 Å². The summed E-state index contributed by atoms with van der Waals surface area (Å²) < 4.78 is 27.1. The monoisotopic (exact) mass is 498 g/mol. The minimum absolute atomic E-state index is 0.0967. The van der Waals surface area contributed by atoms with Crippen molar-refractivity contribution in [2.45, 2.75) is 30.2 Å². The van der Waals surface area contributed by atoms with Gasteiger partial charge in [-0.2, -0.15) is 0 Å². The first-order valence-corrected chi connectivity index (χ1v) is 13.0. The van der Waals surface area contributed by atoms with Crippen molar-refractivity contribution in [3.63, 3.8) is 0 Å². The van der Waals surface area contributed by atoms with Gasteiger partial charge >= 0.3 is 5.97 Å². The molecule has 0 amide bonds. The van der Waals surface area contributed by atoms with E-state index < -0.39 is 21.2 Å².